The normalized spacial score (nSPS) is 10.1. The highest BCUT2D eigenvalue weighted by Crippen LogP contribution is 2.16. The van der Waals surface area contributed by atoms with E-state index in [0.717, 1.165) is 0 Å². The summed E-state index contributed by atoms with van der Waals surface area (Å²) in [6, 6.07) is 0. The molecule has 0 radical (unpaired) electrons. The van der Waals surface area contributed by atoms with Crippen LogP contribution in [0.3, 0.4) is 0 Å². The first kappa shape index (κ1) is 12.1. The summed E-state index contributed by atoms with van der Waals surface area (Å²) in [5.41, 5.74) is 0.0653. The minimum absolute atomic E-state index is 0.0494. The second kappa shape index (κ2) is 5.21. The molecule has 1 heterocycles. The molecule has 0 aliphatic rings. The highest BCUT2D eigenvalue weighted by atomic mass is 16.6. The monoisotopic (exact) mass is 229 g/mol. The first-order chi connectivity index (χ1) is 7.60. The molecule has 0 saturated carbocycles. The zero-order valence-corrected chi connectivity index (χ0v) is 8.85. The van der Waals surface area contributed by atoms with Crippen LogP contribution in [-0.2, 0) is 16.1 Å². The van der Waals surface area contributed by atoms with Gasteiger partial charge in [-0.25, -0.2) is 9.78 Å². The van der Waals surface area contributed by atoms with E-state index < -0.39 is 10.9 Å². The zero-order valence-electron chi connectivity index (χ0n) is 8.85. The maximum absolute atomic E-state index is 11.3. The van der Waals surface area contributed by atoms with Gasteiger partial charge in [0.25, 0.3) is 0 Å². The van der Waals surface area contributed by atoms with Crippen LogP contribution >= 0.6 is 0 Å². The van der Waals surface area contributed by atoms with Crippen molar-refractivity contribution >= 4 is 11.8 Å². The smallest absolute Gasteiger partial charge is 0.398 e. The number of carbonyl (C=O) groups is 1. The van der Waals surface area contributed by atoms with Crippen molar-refractivity contribution in [1.82, 2.24) is 9.97 Å². The van der Waals surface area contributed by atoms with Crippen LogP contribution in [0.2, 0.25) is 0 Å². The largest absolute Gasteiger partial charge is 0.459 e. The lowest BCUT2D eigenvalue weighted by molar-refractivity contribution is -0.390. The Kier molecular flexibility index (Phi) is 3.95. The van der Waals surface area contributed by atoms with Gasteiger partial charge in [-0.3, -0.25) is 0 Å². The lowest BCUT2D eigenvalue weighted by Crippen LogP contribution is -2.06. The summed E-state index contributed by atoms with van der Waals surface area (Å²) in [6.07, 6.45) is 0. The lowest BCUT2D eigenvalue weighted by Gasteiger charge is -1.93. The maximum Gasteiger partial charge on any atom is 0.398 e. The molecular weight excluding hydrogens is 218 g/mol. The van der Waals surface area contributed by atoms with E-state index in [4.69, 9.17) is 4.74 Å². The van der Waals surface area contributed by atoms with Crippen molar-refractivity contribution in [1.29, 1.82) is 0 Å². The number of aromatic nitrogens is 2. The van der Waals surface area contributed by atoms with Crippen LogP contribution in [0.1, 0.15) is 23.2 Å². The minimum atomic E-state index is -0.729. The minimum Gasteiger partial charge on any atom is -0.459 e. The third-order valence-electron chi connectivity index (χ3n) is 1.69. The van der Waals surface area contributed by atoms with Gasteiger partial charge in [-0.2, -0.15) is 4.98 Å². The van der Waals surface area contributed by atoms with E-state index in [2.05, 4.69) is 14.7 Å². The van der Waals surface area contributed by atoms with Gasteiger partial charge >= 0.3 is 17.6 Å². The quantitative estimate of drug-likeness (QED) is 0.451. The molecular formula is C8H11N3O5. The van der Waals surface area contributed by atoms with Gasteiger partial charge in [0.15, 0.2) is 5.69 Å². The Balaban J connectivity index is 3.00. The third-order valence-corrected chi connectivity index (χ3v) is 1.69. The summed E-state index contributed by atoms with van der Waals surface area (Å²) in [4.78, 5) is 27.2. The van der Waals surface area contributed by atoms with Crippen molar-refractivity contribution in [3.63, 3.8) is 0 Å². The van der Waals surface area contributed by atoms with E-state index in [0.29, 0.717) is 0 Å². The topological polar surface area (TPSA) is 107 Å². The molecule has 8 heteroatoms. The Morgan fingerprint density at radius 3 is 2.81 bits per heavy atom. The van der Waals surface area contributed by atoms with Gasteiger partial charge < -0.3 is 19.6 Å². The first-order valence-electron chi connectivity index (χ1n) is 4.49. The molecule has 0 aliphatic heterocycles. The van der Waals surface area contributed by atoms with Crippen molar-refractivity contribution in [2.45, 2.75) is 13.5 Å². The summed E-state index contributed by atoms with van der Waals surface area (Å²) < 4.78 is 9.39. The van der Waals surface area contributed by atoms with E-state index in [1.54, 1.807) is 6.92 Å². The molecule has 0 aliphatic carbocycles. The zero-order chi connectivity index (χ0) is 12.1. The van der Waals surface area contributed by atoms with E-state index in [1.165, 1.54) is 7.11 Å². The van der Waals surface area contributed by atoms with Crippen LogP contribution in [0.25, 0.3) is 0 Å². The van der Waals surface area contributed by atoms with Crippen molar-refractivity contribution in [2.24, 2.45) is 0 Å². The molecule has 0 amide bonds. The molecule has 0 spiro atoms. The SMILES string of the molecule is CCOC(=O)c1nc(COC)c([N+](=O)[O-])[nH]1. The predicted molar refractivity (Wildman–Crippen MR) is 51.9 cm³/mol. The molecule has 0 unspecified atom stereocenters. The number of ether oxygens (including phenoxy) is 2. The number of nitrogens with zero attached hydrogens (tertiary/aromatic N) is 2. The summed E-state index contributed by atoms with van der Waals surface area (Å²) >= 11 is 0. The van der Waals surface area contributed by atoms with Crippen molar-refractivity contribution in [3.05, 3.63) is 21.6 Å². The number of esters is 1. The summed E-state index contributed by atoms with van der Waals surface area (Å²) in [7, 11) is 1.38. The van der Waals surface area contributed by atoms with E-state index in [9.17, 15) is 14.9 Å². The average Bonchev–Trinajstić information content (AvgIpc) is 2.63. The Hall–Kier alpha value is -1.96. The summed E-state index contributed by atoms with van der Waals surface area (Å²) in [5.74, 6) is -1.28. The highest BCUT2D eigenvalue weighted by molar-refractivity contribution is 5.85. The van der Waals surface area contributed by atoms with Gasteiger partial charge in [-0.15, -0.1) is 0 Å². The van der Waals surface area contributed by atoms with Gasteiger partial charge in [0.2, 0.25) is 0 Å². The Bertz CT molecular complexity index is 400. The average molecular weight is 229 g/mol. The molecule has 88 valence electrons. The number of aromatic amines is 1. The maximum atomic E-state index is 11.3. The van der Waals surface area contributed by atoms with Crippen LogP contribution in [-0.4, -0.2) is 34.6 Å². The molecule has 16 heavy (non-hydrogen) atoms. The van der Waals surface area contributed by atoms with Crippen molar-refractivity contribution < 1.29 is 19.2 Å². The molecule has 0 aromatic carbocycles. The molecule has 8 nitrogen and oxygen atoms in total. The summed E-state index contributed by atoms with van der Waals surface area (Å²) in [5, 5.41) is 10.6. The molecule has 1 aromatic rings. The lowest BCUT2D eigenvalue weighted by atomic mass is 10.5. The van der Waals surface area contributed by atoms with Gasteiger partial charge in [-0.1, -0.05) is 0 Å². The number of carbonyl (C=O) groups excluding carboxylic acids is 1. The van der Waals surface area contributed by atoms with Gasteiger partial charge in [0, 0.05) is 7.11 Å². The number of imidazole rings is 1. The number of rotatable bonds is 5. The van der Waals surface area contributed by atoms with Crippen LogP contribution in [0.15, 0.2) is 0 Å². The molecule has 1 N–H and O–H groups in total. The third kappa shape index (κ3) is 2.54. The van der Waals surface area contributed by atoms with Crippen LogP contribution in [0, 0.1) is 10.1 Å². The number of hydrogen-bond donors (Lipinski definition) is 1. The Morgan fingerprint density at radius 2 is 2.31 bits per heavy atom. The Labute approximate surface area is 90.7 Å². The van der Waals surface area contributed by atoms with Crippen LogP contribution in [0.5, 0.6) is 0 Å². The standard InChI is InChI=1S/C8H11N3O5/c1-3-16-8(12)6-9-5(4-15-2)7(10-6)11(13)14/h3-4H2,1-2H3,(H,9,10). The fourth-order valence-corrected chi connectivity index (χ4v) is 1.08. The van der Waals surface area contributed by atoms with Gasteiger partial charge in [0.05, 0.1) is 13.2 Å². The Morgan fingerprint density at radius 1 is 1.62 bits per heavy atom. The van der Waals surface area contributed by atoms with Crippen LogP contribution in [0.4, 0.5) is 5.82 Å². The second-order valence-electron chi connectivity index (χ2n) is 2.79. The van der Waals surface area contributed by atoms with E-state index in [1.807, 2.05) is 0 Å². The second-order valence-corrected chi connectivity index (χ2v) is 2.79. The number of methoxy groups -OCH3 is 1. The number of H-pyrrole nitrogens is 1. The number of hydrogen-bond acceptors (Lipinski definition) is 6. The summed E-state index contributed by atoms with van der Waals surface area (Å²) in [6.45, 7) is 1.75. The molecule has 0 saturated heterocycles. The van der Waals surface area contributed by atoms with Crippen LogP contribution < -0.4 is 0 Å². The van der Waals surface area contributed by atoms with Gasteiger partial charge in [-0.05, 0) is 11.8 Å². The first-order valence-corrected chi connectivity index (χ1v) is 4.49. The van der Waals surface area contributed by atoms with Crippen molar-refractivity contribution in [2.75, 3.05) is 13.7 Å². The predicted octanol–water partition coefficient (Wildman–Crippen LogP) is 0.641. The molecule has 0 atom stereocenters. The van der Waals surface area contributed by atoms with E-state index >= 15 is 0 Å². The van der Waals surface area contributed by atoms with Crippen molar-refractivity contribution in [3.8, 4) is 0 Å². The molecule has 1 aromatic heterocycles. The number of nitro groups is 1. The van der Waals surface area contributed by atoms with Gasteiger partial charge in [0.1, 0.15) is 0 Å². The molecule has 1 rings (SSSR count). The van der Waals surface area contributed by atoms with E-state index in [-0.39, 0.29) is 30.5 Å². The molecule has 0 bridgehead atoms. The highest BCUT2D eigenvalue weighted by Gasteiger charge is 2.24. The number of nitrogens with one attached hydrogen (secondary N) is 1. The molecule has 0 fully saturated rings. The fraction of sp³-hybridized carbons (Fsp3) is 0.500. The fourth-order valence-electron chi connectivity index (χ4n) is 1.08.